The highest BCUT2D eigenvalue weighted by atomic mass is 16.5. The van der Waals surface area contributed by atoms with E-state index in [-0.39, 0.29) is 12.1 Å². The van der Waals surface area contributed by atoms with Gasteiger partial charge in [-0.1, -0.05) is 30.3 Å². The zero-order valence-corrected chi connectivity index (χ0v) is 11.3. The standard InChI is InChI=1S/C14H18N2O4/c1-20-11-7-8-16(9-11)14(19)15-12(13(17)18)10-5-3-2-4-6-10/h2-6,11-12H,7-9H2,1H3,(H,15,19)(H,17,18). The number of hydrogen-bond acceptors (Lipinski definition) is 3. The minimum atomic E-state index is -1.08. The lowest BCUT2D eigenvalue weighted by atomic mass is 10.1. The topological polar surface area (TPSA) is 78.9 Å². The monoisotopic (exact) mass is 278 g/mol. The highest BCUT2D eigenvalue weighted by Gasteiger charge is 2.29. The Bertz CT molecular complexity index is 477. The van der Waals surface area contributed by atoms with Crippen molar-refractivity contribution >= 4 is 12.0 Å². The van der Waals surface area contributed by atoms with Crippen molar-refractivity contribution in [1.29, 1.82) is 0 Å². The number of carboxylic acid groups (broad SMARTS) is 1. The van der Waals surface area contributed by atoms with Crippen LogP contribution in [0.2, 0.25) is 0 Å². The molecule has 0 aliphatic carbocycles. The fourth-order valence-corrected chi connectivity index (χ4v) is 2.25. The molecule has 6 heteroatoms. The number of carbonyl (C=O) groups is 2. The van der Waals surface area contributed by atoms with Gasteiger partial charge < -0.3 is 20.1 Å². The molecular weight excluding hydrogens is 260 g/mol. The Kier molecular flexibility index (Phi) is 4.57. The second-order valence-electron chi connectivity index (χ2n) is 4.72. The molecule has 0 bridgehead atoms. The van der Waals surface area contributed by atoms with Crippen LogP contribution >= 0.6 is 0 Å². The second-order valence-corrected chi connectivity index (χ2v) is 4.72. The SMILES string of the molecule is COC1CCN(C(=O)NC(C(=O)O)c2ccccc2)C1. The Hall–Kier alpha value is -2.08. The van der Waals surface area contributed by atoms with Gasteiger partial charge in [-0.3, -0.25) is 0 Å². The van der Waals surface area contributed by atoms with E-state index in [1.165, 1.54) is 0 Å². The minimum Gasteiger partial charge on any atom is -0.479 e. The predicted octanol–water partition coefficient (Wildman–Crippen LogP) is 1.24. The van der Waals surface area contributed by atoms with Crippen LogP contribution in [0.25, 0.3) is 0 Å². The molecule has 1 aromatic rings. The lowest BCUT2D eigenvalue weighted by Crippen LogP contribution is -2.43. The zero-order chi connectivity index (χ0) is 14.5. The van der Waals surface area contributed by atoms with Gasteiger partial charge in [-0.05, 0) is 12.0 Å². The Morgan fingerprint density at radius 1 is 1.40 bits per heavy atom. The third kappa shape index (κ3) is 3.27. The maximum absolute atomic E-state index is 12.1. The van der Waals surface area contributed by atoms with Gasteiger partial charge in [0.05, 0.1) is 6.10 Å². The molecule has 1 heterocycles. The Morgan fingerprint density at radius 2 is 2.10 bits per heavy atom. The number of urea groups is 1. The number of hydrogen-bond donors (Lipinski definition) is 2. The van der Waals surface area contributed by atoms with Gasteiger partial charge >= 0.3 is 12.0 Å². The quantitative estimate of drug-likeness (QED) is 0.868. The van der Waals surface area contributed by atoms with Crippen molar-refractivity contribution in [1.82, 2.24) is 10.2 Å². The van der Waals surface area contributed by atoms with Gasteiger partial charge in [0.15, 0.2) is 6.04 Å². The van der Waals surface area contributed by atoms with E-state index in [2.05, 4.69) is 5.32 Å². The van der Waals surface area contributed by atoms with Crippen molar-refractivity contribution in [3.63, 3.8) is 0 Å². The number of rotatable bonds is 4. The van der Waals surface area contributed by atoms with E-state index in [1.807, 2.05) is 0 Å². The van der Waals surface area contributed by atoms with Crippen LogP contribution < -0.4 is 5.32 Å². The summed E-state index contributed by atoms with van der Waals surface area (Å²) in [6.45, 7) is 1.06. The molecule has 2 atom stereocenters. The molecule has 2 amide bonds. The fraction of sp³-hybridized carbons (Fsp3) is 0.429. The molecule has 0 aromatic heterocycles. The van der Waals surface area contributed by atoms with Crippen LogP contribution in [0.5, 0.6) is 0 Å². The highest BCUT2D eigenvalue weighted by molar-refractivity contribution is 5.83. The van der Waals surface area contributed by atoms with Crippen molar-refractivity contribution in [3.8, 4) is 0 Å². The molecule has 1 aromatic carbocycles. The summed E-state index contributed by atoms with van der Waals surface area (Å²) in [5.41, 5.74) is 0.552. The predicted molar refractivity (Wildman–Crippen MR) is 72.3 cm³/mol. The molecule has 2 unspecified atom stereocenters. The summed E-state index contributed by atoms with van der Waals surface area (Å²) in [5.74, 6) is -1.08. The molecular formula is C14H18N2O4. The van der Waals surface area contributed by atoms with Gasteiger partial charge in [-0.15, -0.1) is 0 Å². The van der Waals surface area contributed by atoms with E-state index in [0.29, 0.717) is 18.7 Å². The van der Waals surface area contributed by atoms with Crippen molar-refractivity contribution in [2.24, 2.45) is 0 Å². The minimum absolute atomic E-state index is 0.0285. The molecule has 0 radical (unpaired) electrons. The smallest absolute Gasteiger partial charge is 0.330 e. The number of aliphatic carboxylic acids is 1. The third-order valence-corrected chi connectivity index (χ3v) is 3.41. The first-order valence-electron chi connectivity index (χ1n) is 6.48. The third-order valence-electron chi connectivity index (χ3n) is 3.41. The second kappa shape index (κ2) is 6.38. The van der Waals surface area contributed by atoms with Crippen LogP contribution in [-0.4, -0.2) is 48.3 Å². The van der Waals surface area contributed by atoms with Crippen molar-refractivity contribution in [3.05, 3.63) is 35.9 Å². The largest absolute Gasteiger partial charge is 0.479 e. The summed E-state index contributed by atoms with van der Waals surface area (Å²) in [6, 6.07) is 7.24. The van der Waals surface area contributed by atoms with E-state index >= 15 is 0 Å². The van der Waals surface area contributed by atoms with Gasteiger partial charge in [0.2, 0.25) is 0 Å². The molecule has 1 saturated heterocycles. The number of ether oxygens (including phenoxy) is 1. The van der Waals surface area contributed by atoms with Gasteiger partial charge in [0.1, 0.15) is 0 Å². The van der Waals surface area contributed by atoms with E-state index in [4.69, 9.17) is 4.74 Å². The zero-order valence-electron chi connectivity index (χ0n) is 11.3. The van der Waals surface area contributed by atoms with Gasteiger partial charge in [0.25, 0.3) is 0 Å². The number of carboxylic acids is 1. The highest BCUT2D eigenvalue weighted by Crippen LogP contribution is 2.16. The number of nitrogens with one attached hydrogen (secondary N) is 1. The lowest BCUT2D eigenvalue weighted by Gasteiger charge is -2.21. The fourth-order valence-electron chi connectivity index (χ4n) is 2.25. The molecule has 2 N–H and O–H groups in total. The van der Waals surface area contributed by atoms with Gasteiger partial charge in [-0.2, -0.15) is 0 Å². The first-order chi connectivity index (χ1) is 9.61. The van der Waals surface area contributed by atoms with Crippen LogP contribution in [0.4, 0.5) is 4.79 Å². The summed E-state index contributed by atoms with van der Waals surface area (Å²) in [6.07, 6.45) is 0.799. The summed E-state index contributed by atoms with van der Waals surface area (Å²) < 4.78 is 5.19. The summed E-state index contributed by atoms with van der Waals surface area (Å²) in [4.78, 5) is 25.0. The van der Waals surface area contributed by atoms with E-state index in [1.54, 1.807) is 42.3 Å². The first-order valence-corrected chi connectivity index (χ1v) is 6.48. The van der Waals surface area contributed by atoms with E-state index < -0.39 is 12.0 Å². The molecule has 108 valence electrons. The van der Waals surface area contributed by atoms with Crippen LogP contribution in [0, 0.1) is 0 Å². The summed E-state index contributed by atoms with van der Waals surface area (Å²) >= 11 is 0. The average Bonchev–Trinajstić information content (AvgIpc) is 2.94. The Labute approximate surface area is 117 Å². The number of methoxy groups -OCH3 is 1. The van der Waals surface area contributed by atoms with Crippen molar-refractivity contribution < 1.29 is 19.4 Å². The molecule has 0 saturated carbocycles. The maximum atomic E-state index is 12.1. The normalized spacial score (nSPS) is 19.6. The Morgan fingerprint density at radius 3 is 2.65 bits per heavy atom. The van der Waals surface area contributed by atoms with Gasteiger partial charge in [0, 0.05) is 20.2 Å². The van der Waals surface area contributed by atoms with E-state index in [9.17, 15) is 14.7 Å². The maximum Gasteiger partial charge on any atom is 0.330 e. The molecule has 1 fully saturated rings. The van der Waals surface area contributed by atoms with Crippen LogP contribution in [0.3, 0.4) is 0 Å². The molecule has 0 spiro atoms. The first kappa shape index (κ1) is 14.3. The van der Waals surface area contributed by atoms with Crippen molar-refractivity contribution in [2.75, 3.05) is 20.2 Å². The molecule has 20 heavy (non-hydrogen) atoms. The molecule has 6 nitrogen and oxygen atoms in total. The molecule has 1 aliphatic rings. The van der Waals surface area contributed by atoms with Crippen LogP contribution in [-0.2, 0) is 9.53 Å². The number of nitrogens with zero attached hydrogens (tertiary/aromatic N) is 1. The number of benzene rings is 1. The number of amides is 2. The average molecular weight is 278 g/mol. The molecule has 2 rings (SSSR count). The summed E-state index contributed by atoms with van der Waals surface area (Å²) in [5, 5.41) is 11.8. The van der Waals surface area contributed by atoms with Crippen molar-refractivity contribution in [2.45, 2.75) is 18.6 Å². The Balaban J connectivity index is 2.02. The lowest BCUT2D eigenvalue weighted by molar-refractivity contribution is -0.139. The summed E-state index contributed by atoms with van der Waals surface area (Å²) in [7, 11) is 1.61. The number of carbonyl (C=O) groups excluding carboxylic acids is 1. The molecule has 1 aliphatic heterocycles. The van der Waals surface area contributed by atoms with Gasteiger partial charge in [-0.25, -0.2) is 9.59 Å². The van der Waals surface area contributed by atoms with E-state index in [0.717, 1.165) is 6.42 Å². The number of likely N-dealkylation sites (tertiary alicyclic amines) is 1. The van der Waals surface area contributed by atoms with Crippen LogP contribution in [0.15, 0.2) is 30.3 Å². The van der Waals surface area contributed by atoms with Crippen LogP contribution in [0.1, 0.15) is 18.0 Å².